The fraction of sp³-hybridized carbons (Fsp3) is 0.647. The summed E-state index contributed by atoms with van der Waals surface area (Å²) in [6.45, 7) is 0. The first-order valence-corrected chi connectivity index (χ1v) is 7.71. The topological polar surface area (TPSA) is 40.5 Å². The lowest BCUT2D eigenvalue weighted by molar-refractivity contribution is -0.00648. The van der Waals surface area contributed by atoms with Crippen LogP contribution in [-0.4, -0.2) is 16.3 Å². The number of aliphatic hydroxyl groups excluding tert-OH is 2. The molecular formula is C17H24O2. The lowest BCUT2D eigenvalue weighted by Gasteiger charge is -2.37. The molecule has 4 unspecified atom stereocenters. The van der Waals surface area contributed by atoms with Gasteiger partial charge in [-0.3, -0.25) is 0 Å². The molecule has 1 saturated carbocycles. The first-order chi connectivity index (χ1) is 9.27. The van der Waals surface area contributed by atoms with Crippen LogP contribution in [0.5, 0.6) is 0 Å². The first-order valence-electron chi connectivity index (χ1n) is 7.71. The Hall–Kier alpha value is -0.860. The SMILES string of the molecule is OC1CCCCCC1C1CCc2ccccc2C1O. The van der Waals surface area contributed by atoms with Gasteiger partial charge >= 0.3 is 0 Å². The van der Waals surface area contributed by atoms with Crippen molar-refractivity contribution in [3.8, 4) is 0 Å². The van der Waals surface area contributed by atoms with Crippen LogP contribution in [0.2, 0.25) is 0 Å². The predicted octanol–water partition coefficient (Wildman–Crippen LogP) is 3.22. The zero-order valence-electron chi connectivity index (χ0n) is 11.5. The molecule has 2 nitrogen and oxygen atoms in total. The van der Waals surface area contributed by atoms with Gasteiger partial charge in [-0.25, -0.2) is 0 Å². The molecule has 0 amide bonds. The summed E-state index contributed by atoms with van der Waals surface area (Å²) in [5.74, 6) is 0.522. The van der Waals surface area contributed by atoms with Crippen LogP contribution >= 0.6 is 0 Å². The van der Waals surface area contributed by atoms with Crippen molar-refractivity contribution in [2.75, 3.05) is 0 Å². The summed E-state index contributed by atoms with van der Waals surface area (Å²) in [5.41, 5.74) is 2.38. The van der Waals surface area contributed by atoms with Crippen molar-refractivity contribution < 1.29 is 10.2 Å². The molecule has 19 heavy (non-hydrogen) atoms. The van der Waals surface area contributed by atoms with Gasteiger partial charge in [0, 0.05) is 0 Å². The number of fused-ring (bicyclic) bond motifs is 1. The number of hydrogen-bond acceptors (Lipinski definition) is 2. The van der Waals surface area contributed by atoms with Gasteiger partial charge in [-0.15, -0.1) is 0 Å². The number of rotatable bonds is 1. The fourth-order valence-corrected chi connectivity index (χ4v) is 4.03. The zero-order chi connectivity index (χ0) is 13.2. The summed E-state index contributed by atoms with van der Waals surface area (Å²) >= 11 is 0. The monoisotopic (exact) mass is 260 g/mol. The highest BCUT2D eigenvalue weighted by molar-refractivity contribution is 5.32. The van der Waals surface area contributed by atoms with Gasteiger partial charge in [-0.2, -0.15) is 0 Å². The number of hydrogen-bond donors (Lipinski definition) is 2. The van der Waals surface area contributed by atoms with Crippen molar-refractivity contribution in [1.29, 1.82) is 0 Å². The van der Waals surface area contributed by atoms with Gasteiger partial charge in [-0.05, 0) is 48.6 Å². The third-order valence-corrected chi connectivity index (χ3v) is 5.11. The lowest BCUT2D eigenvalue weighted by atomic mass is 9.72. The average Bonchev–Trinajstić information content (AvgIpc) is 2.65. The molecule has 0 saturated heterocycles. The van der Waals surface area contributed by atoms with E-state index < -0.39 is 0 Å². The van der Waals surface area contributed by atoms with Crippen LogP contribution in [0, 0.1) is 11.8 Å². The van der Waals surface area contributed by atoms with Crippen molar-refractivity contribution >= 4 is 0 Å². The van der Waals surface area contributed by atoms with Crippen LogP contribution in [-0.2, 0) is 6.42 Å². The smallest absolute Gasteiger partial charge is 0.0824 e. The van der Waals surface area contributed by atoms with E-state index in [9.17, 15) is 10.2 Å². The highest BCUT2D eigenvalue weighted by Gasteiger charge is 2.37. The van der Waals surface area contributed by atoms with Gasteiger partial charge in [0.25, 0.3) is 0 Å². The second-order valence-corrected chi connectivity index (χ2v) is 6.22. The highest BCUT2D eigenvalue weighted by Crippen LogP contribution is 2.43. The van der Waals surface area contributed by atoms with Crippen LogP contribution in [0.3, 0.4) is 0 Å². The fourth-order valence-electron chi connectivity index (χ4n) is 4.03. The molecule has 0 aromatic heterocycles. The minimum Gasteiger partial charge on any atom is -0.393 e. The van der Waals surface area contributed by atoms with Crippen molar-refractivity contribution in [3.05, 3.63) is 35.4 Å². The molecule has 1 fully saturated rings. The minimum absolute atomic E-state index is 0.215. The largest absolute Gasteiger partial charge is 0.393 e. The summed E-state index contributed by atoms with van der Waals surface area (Å²) in [6, 6.07) is 8.23. The Morgan fingerprint density at radius 1 is 0.842 bits per heavy atom. The second kappa shape index (κ2) is 5.64. The number of aryl methyl sites for hydroxylation is 1. The molecule has 3 rings (SSSR count). The van der Waals surface area contributed by atoms with Gasteiger partial charge in [0.15, 0.2) is 0 Å². The van der Waals surface area contributed by atoms with E-state index in [1.807, 2.05) is 12.1 Å². The zero-order valence-corrected chi connectivity index (χ0v) is 11.5. The van der Waals surface area contributed by atoms with E-state index in [1.165, 1.54) is 18.4 Å². The van der Waals surface area contributed by atoms with Crippen molar-refractivity contribution in [3.63, 3.8) is 0 Å². The average molecular weight is 260 g/mol. The van der Waals surface area contributed by atoms with Crippen LogP contribution in [0.25, 0.3) is 0 Å². The molecule has 2 aliphatic carbocycles. The Morgan fingerprint density at radius 3 is 2.53 bits per heavy atom. The Balaban J connectivity index is 1.82. The summed E-state index contributed by atoms with van der Waals surface area (Å²) in [6.07, 6.45) is 7.01. The molecule has 104 valence electrons. The summed E-state index contributed by atoms with van der Waals surface area (Å²) < 4.78 is 0. The maximum atomic E-state index is 10.7. The standard InChI is InChI=1S/C17H24O2/c18-16-9-3-1-2-8-14(16)15-11-10-12-6-4-5-7-13(12)17(15)19/h4-7,14-19H,1-3,8-11H2. The van der Waals surface area contributed by atoms with E-state index in [4.69, 9.17) is 0 Å². The molecule has 1 aromatic rings. The highest BCUT2D eigenvalue weighted by atomic mass is 16.3. The van der Waals surface area contributed by atoms with E-state index in [1.54, 1.807) is 0 Å². The van der Waals surface area contributed by atoms with Crippen molar-refractivity contribution in [2.45, 2.75) is 57.2 Å². The molecule has 0 heterocycles. The molecule has 4 atom stereocenters. The van der Waals surface area contributed by atoms with E-state index in [-0.39, 0.29) is 24.0 Å². The molecule has 0 bridgehead atoms. The first kappa shape index (κ1) is 13.1. The van der Waals surface area contributed by atoms with Gasteiger partial charge in [0.2, 0.25) is 0 Å². The summed E-state index contributed by atoms with van der Waals surface area (Å²) in [4.78, 5) is 0. The Bertz CT molecular complexity index is 429. The van der Waals surface area contributed by atoms with E-state index in [0.29, 0.717) is 0 Å². The van der Waals surface area contributed by atoms with E-state index in [0.717, 1.165) is 37.7 Å². The molecule has 2 N–H and O–H groups in total. The predicted molar refractivity (Wildman–Crippen MR) is 75.8 cm³/mol. The van der Waals surface area contributed by atoms with Crippen molar-refractivity contribution in [2.24, 2.45) is 11.8 Å². The minimum atomic E-state index is -0.386. The molecule has 0 radical (unpaired) electrons. The van der Waals surface area contributed by atoms with Crippen LogP contribution in [0.4, 0.5) is 0 Å². The molecule has 0 aliphatic heterocycles. The Morgan fingerprint density at radius 2 is 1.63 bits per heavy atom. The second-order valence-electron chi connectivity index (χ2n) is 6.22. The maximum Gasteiger partial charge on any atom is 0.0824 e. The quantitative estimate of drug-likeness (QED) is 0.761. The molecular weight excluding hydrogens is 236 g/mol. The van der Waals surface area contributed by atoms with Gasteiger partial charge in [0.1, 0.15) is 0 Å². The van der Waals surface area contributed by atoms with E-state index in [2.05, 4.69) is 12.1 Å². The summed E-state index contributed by atoms with van der Waals surface area (Å²) in [5, 5.41) is 21.0. The maximum absolute atomic E-state index is 10.7. The van der Waals surface area contributed by atoms with Gasteiger partial charge < -0.3 is 10.2 Å². The lowest BCUT2D eigenvalue weighted by Crippen LogP contribution is -2.34. The van der Waals surface area contributed by atoms with Gasteiger partial charge in [0.05, 0.1) is 12.2 Å². The summed E-state index contributed by atoms with van der Waals surface area (Å²) in [7, 11) is 0. The molecule has 0 spiro atoms. The number of aliphatic hydroxyl groups is 2. The normalized spacial score (nSPS) is 35.5. The molecule has 2 aliphatic rings. The van der Waals surface area contributed by atoms with Crippen molar-refractivity contribution in [1.82, 2.24) is 0 Å². The molecule has 1 aromatic carbocycles. The van der Waals surface area contributed by atoms with Crippen LogP contribution in [0.15, 0.2) is 24.3 Å². The van der Waals surface area contributed by atoms with Crippen LogP contribution in [0.1, 0.15) is 55.8 Å². The molecule has 2 heteroatoms. The van der Waals surface area contributed by atoms with Crippen LogP contribution < -0.4 is 0 Å². The van der Waals surface area contributed by atoms with E-state index >= 15 is 0 Å². The van der Waals surface area contributed by atoms with Gasteiger partial charge in [-0.1, -0.05) is 43.5 Å². The third-order valence-electron chi connectivity index (χ3n) is 5.11. The third kappa shape index (κ3) is 2.56. The number of benzene rings is 1. The Labute approximate surface area is 115 Å². The Kier molecular flexibility index (Phi) is 3.90.